The Morgan fingerprint density at radius 3 is 3.04 bits per heavy atom. The second kappa shape index (κ2) is 6.68. The summed E-state index contributed by atoms with van der Waals surface area (Å²) in [6, 6.07) is 7.94. The highest BCUT2D eigenvalue weighted by Gasteiger charge is 2.25. The highest BCUT2D eigenvalue weighted by molar-refractivity contribution is 6.00. The van der Waals surface area contributed by atoms with Gasteiger partial charge in [-0.1, -0.05) is 18.2 Å². The Hall–Kier alpha value is -2.67. The summed E-state index contributed by atoms with van der Waals surface area (Å²) in [5.74, 6) is -0.400. The molecule has 0 saturated carbocycles. The highest BCUT2D eigenvalue weighted by atomic mass is 16.2. The first-order chi connectivity index (χ1) is 12.2. The molecular weight excluding hydrogens is 318 g/mol. The Labute approximate surface area is 145 Å². The Kier molecular flexibility index (Phi) is 4.23. The summed E-state index contributed by atoms with van der Waals surface area (Å²) < 4.78 is 0. The van der Waals surface area contributed by atoms with E-state index in [0.29, 0.717) is 18.8 Å². The molecule has 7 heteroatoms. The first-order valence-electron chi connectivity index (χ1n) is 8.67. The fourth-order valence-corrected chi connectivity index (χ4v) is 3.54. The summed E-state index contributed by atoms with van der Waals surface area (Å²) in [4.78, 5) is 26.8. The van der Waals surface area contributed by atoms with Gasteiger partial charge in [-0.2, -0.15) is 5.10 Å². The van der Waals surface area contributed by atoms with Crippen LogP contribution < -0.4 is 15.5 Å². The van der Waals surface area contributed by atoms with Crippen molar-refractivity contribution in [3.05, 3.63) is 46.8 Å². The zero-order chi connectivity index (χ0) is 17.2. The number of hydrogen-bond acceptors (Lipinski definition) is 4. The quantitative estimate of drug-likeness (QED) is 0.770. The van der Waals surface area contributed by atoms with Gasteiger partial charge in [-0.15, -0.1) is 0 Å². The number of H-pyrrole nitrogens is 1. The average Bonchev–Trinajstić information content (AvgIpc) is 3.09. The van der Waals surface area contributed by atoms with Crippen molar-refractivity contribution >= 4 is 17.5 Å². The molecule has 0 atom stereocenters. The fourth-order valence-electron chi connectivity index (χ4n) is 3.54. The van der Waals surface area contributed by atoms with Crippen LogP contribution in [-0.4, -0.2) is 41.6 Å². The van der Waals surface area contributed by atoms with Crippen molar-refractivity contribution in [2.24, 2.45) is 0 Å². The van der Waals surface area contributed by atoms with Crippen molar-refractivity contribution in [2.45, 2.75) is 25.8 Å². The van der Waals surface area contributed by atoms with Gasteiger partial charge in [0.25, 0.3) is 5.91 Å². The SMILES string of the molecule is O=C(NCC(=O)N1CCCc2ccccc21)c1n[nH]c2c1CNCC2. The Bertz CT molecular complexity index is 814. The average molecular weight is 339 g/mol. The number of nitrogens with one attached hydrogen (secondary N) is 3. The Morgan fingerprint density at radius 2 is 2.12 bits per heavy atom. The zero-order valence-electron chi connectivity index (χ0n) is 14.0. The van der Waals surface area contributed by atoms with Crippen LogP contribution in [0.4, 0.5) is 5.69 Å². The molecule has 2 aromatic rings. The summed E-state index contributed by atoms with van der Waals surface area (Å²) >= 11 is 0. The molecule has 3 heterocycles. The first-order valence-corrected chi connectivity index (χ1v) is 8.67. The number of aryl methyl sites for hydroxylation is 1. The number of carbonyl (C=O) groups is 2. The van der Waals surface area contributed by atoms with Crippen molar-refractivity contribution in [3.63, 3.8) is 0 Å². The molecule has 0 bridgehead atoms. The monoisotopic (exact) mass is 339 g/mol. The lowest BCUT2D eigenvalue weighted by Crippen LogP contribution is -2.43. The maximum absolute atomic E-state index is 12.6. The summed E-state index contributed by atoms with van der Waals surface area (Å²) in [5, 5.41) is 13.0. The minimum atomic E-state index is -0.306. The van der Waals surface area contributed by atoms with E-state index in [9.17, 15) is 9.59 Å². The molecule has 0 fully saturated rings. The van der Waals surface area contributed by atoms with E-state index in [4.69, 9.17) is 0 Å². The lowest BCUT2D eigenvalue weighted by Gasteiger charge is -2.29. The smallest absolute Gasteiger partial charge is 0.272 e. The van der Waals surface area contributed by atoms with Gasteiger partial charge in [-0.05, 0) is 24.5 Å². The molecule has 4 rings (SSSR count). The van der Waals surface area contributed by atoms with E-state index in [1.807, 2.05) is 18.2 Å². The normalized spacial score (nSPS) is 16.1. The third-order valence-electron chi connectivity index (χ3n) is 4.83. The lowest BCUT2D eigenvalue weighted by atomic mass is 10.0. The van der Waals surface area contributed by atoms with Crippen LogP contribution in [0.1, 0.15) is 33.7 Å². The van der Waals surface area contributed by atoms with Gasteiger partial charge in [-0.25, -0.2) is 0 Å². The van der Waals surface area contributed by atoms with Gasteiger partial charge in [0.1, 0.15) is 0 Å². The number of benzene rings is 1. The molecule has 2 aliphatic rings. The minimum Gasteiger partial charge on any atom is -0.342 e. The van der Waals surface area contributed by atoms with Gasteiger partial charge in [0.05, 0.1) is 6.54 Å². The summed E-state index contributed by atoms with van der Waals surface area (Å²) in [7, 11) is 0. The number of aromatic amines is 1. The van der Waals surface area contributed by atoms with Crippen LogP contribution in [0.5, 0.6) is 0 Å². The summed E-state index contributed by atoms with van der Waals surface area (Å²) in [5.41, 5.74) is 4.42. The number of nitrogens with zero attached hydrogens (tertiary/aromatic N) is 2. The van der Waals surface area contributed by atoms with Crippen LogP contribution in [0.15, 0.2) is 24.3 Å². The number of anilines is 1. The topological polar surface area (TPSA) is 90.1 Å². The number of aromatic nitrogens is 2. The Balaban J connectivity index is 1.43. The third kappa shape index (κ3) is 3.02. The third-order valence-corrected chi connectivity index (χ3v) is 4.83. The molecule has 1 aromatic carbocycles. The van der Waals surface area contributed by atoms with Crippen LogP contribution in [0, 0.1) is 0 Å². The second-order valence-corrected chi connectivity index (χ2v) is 6.42. The van der Waals surface area contributed by atoms with E-state index in [1.165, 1.54) is 5.56 Å². The molecule has 7 nitrogen and oxygen atoms in total. The summed E-state index contributed by atoms with van der Waals surface area (Å²) in [6.45, 7) is 2.17. The largest absolute Gasteiger partial charge is 0.342 e. The number of hydrogen-bond donors (Lipinski definition) is 3. The molecule has 3 N–H and O–H groups in total. The molecule has 25 heavy (non-hydrogen) atoms. The zero-order valence-corrected chi connectivity index (χ0v) is 14.0. The number of para-hydroxylation sites is 1. The van der Waals surface area contributed by atoms with Crippen LogP contribution in [-0.2, 0) is 24.2 Å². The van der Waals surface area contributed by atoms with E-state index in [0.717, 1.165) is 42.8 Å². The van der Waals surface area contributed by atoms with Gasteiger partial charge in [0.2, 0.25) is 5.91 Å². The van der Waals surface area contributed by atoms with Crippen molar-refractivity contribution in [1.82, 2.24) is 20.8 Å². The van der Waals surface area contributed by atoms with Crippen LogP contribution in [0.25, 0.3) is 0 Å². The molecule has 1 aromatic heterocycles. The lowest BCUT2D eigenvalue weighted by molar-refractivity contribution is -0.117. The molecule has 0 saturated heterocycles. The summed E-state index contributed by atoms with van der Waals surface area (Å²) in [6.07, 6.45) is 2.76. The van der Waals surface area contributed by atoms with Crippen molar-refractivity contribution < 1.29 is 9.59 Å². The highest BCUT2D eigenvalue weighted by Crippen LogP contribution is 2.26. The molecular formula is C18H21N5O2. The van der Waals surface area contributed by atoms with Crippen molar-refractivity contribution in [1.29, 1.82) is 0 Å². The van der Waals surface area contributed by atoms with Gasteiger partial charge in [0, 0.05) is 43.0 Å². The molecule has 0 unspecified atom stereocenters. The number of fused-ring (bicyclic) bond motifs is 2. The molecule has 130 valence electrons. The van der Waals surface area contributed by atoms with E-state index < -0.39 is 0 Å². The number of rotatable bonds is 3. The molecule has 2 aliphatic heterocycles. The number of amides is 2. The van der Waals surface area contributed by atoms with E-state index in [1.54, 1.807) is 4.90 Å². The second-order valence-electron chi connectivity index (χ2n) is 6.42. The van der Waals surface area contributed by atoms with Crippen molar-refractivity contribution in [2.75, 3.05) is 24.5 Å². The fraction of sp³-hybridized carbons (Fsp3) is 0.389. The van der Waals surface area contributed by atoms with Gasteiger partial charge >= 0.3 is 0 Å². The molecule has 0 aliphatic carbocycles. The molecule has 2 amide bonds. The van der Waals surface area contributed by atoms with Gasteiger partial charge in [0.15, 0.2) is 5.69 Å². The standard InChI is InChI=1S/C18H21N5O2/c24-16(23-9-3-5-12-4-1-2-6-15(12)23)11-20-18(25)17-13-10-19-8-7-14(13)21-22-17/h1-2,4,6,19H,3,5,7-11H2,(H,20,25)(H,21,22). The van der Waals surface area contributed by atoms with E-state index >= 15 is 0 Å². The van der Waals surface area contributed by atoms with Crippen LogP contribution in [0.2, 0.25) is 0 Å². The molecule has 0 spiro atoms. The van der Waals surface area contributed by atoms with E-state index in [2.05, 4.69) is 26.9 Å². The van der Waals surface area contributed by atoms with Crippen molar-refractivity contribution in [3.8, 4) is 0 Å². The van der Waals surface area contributed by atoms with Gasteiger partial charge in [-0.3, -0.25) is 14.7 Å². The Morgan fingerprint density at radius 1 is 1.24 bits per heavy atom. The predicted octanol–water partition coefficient (Wildman–Crippen LogP) is 0.765. The minimum absolute atomic E-state index is 0.0256. The van der Waals surface area contributed by atoms with E-state index in [-0.39, 0.29) is 18.4 Å². The first kappa shape index (κ1) is 15.8. The molecule has 0 radical (unpaired) electrons. The van der Waals surface area contributed by atoms with Crippen LogP contribution in [0.3, 0.4) is 0 Å². The maximum atomic E-state index is 12.6. The number of carbonyl (C=O) groups excluding carboxylic acids is 2. The van der Waals surface area contributed by atoms with Gasteiger partial charge < -0.3 is 15.5 Å². The maximum Gasteiger partial charge on any atom is 0.272 e. The van der Waals surface area contributed by atoms with Crippen LogP contribution >= 0.6 is 0 Å². The predicted molar refractivity (Wildman–Crippen MR) is 93.4 cm³/mol.